The fourth-order valence-electron chi connectivity index (χ4n) is 4.29. The number of ether oxygens (including phenoxy) is 2. The van der Waals surface area contributed by atoms with Gasteiger partial charge in [-0.15, -0.1) is 0 Å². The van der Waals surface area contributed by atoms with Gasteiger partial charge >= 0.3 is 5.97 Å². The summed E-state index contributed by atoms with van der Waals surface area (Å²) in [5, 5.41) is 0. The zero-order valence-electron chi connectivity index (χ0n) is 14.8. The highest BCUT2D eigenvalue weighted by Gasteiger charge is 2.31. The lowest BCUT2D eigenvalue weighted by atomic mass is 9.81. The summed E-state index contributed by atoms with van der Waals surface area (Å²) < 4.78 is 11.9. The summed E-state index contributed by atoms with van der Waals surface area (Å²) in [7, 11) is 0. The maximum absolute atomic E-state index is 11.5. The van der Waals surface area contributed by atoms with Gasteiger partial charge in [0.1, 0.15) is 11.9 Å². The molecule has 2 fully saturated rings. The molecule has 0 saturated heterocycles. The van der Waals surface area contributed by atoms with Gasteiger partial charge in [-0.1, -0.05) is 43.9 Å². The smallest absolute Gasteiger partial charge is 0.302 e. The normalized spacial score (nSPS) is 25.2. The third kappa shape index (κ3) is 4.52. The highest BCUT2D eigenvalue weighted by atomic mass is 16.5. The molecule has 0 aromatic heterocycles. The molecule has 3 rings (SSSR count). The average molecular weight is 330 g/mol. The van der Waals surface area contributed by atoms with Crippen molar-refractivity contribution in [2.75, 3.05) is 6.61 Å². The number of hydrogen-bond acceptors (Lipinski definition) is 3. The van der Waals surface area contributed by atoms with Crippen LogP contribution in [0.3, 0.4) is 0 Å². The van der Waals surface area contributed by atoms with Crippen LogP contribution in [-0.4, -0.2) is 18.7 Å². The molecule has 2 saturated carbocycles. The van der Waals surface area contributed by atoms with Crippen molar-refractivity contribution in [1.29, 1.82) is 0 Å². The Bertz CT molecular complexity index is 534. The minimum Gasteiger partial charge on any atom is -0.493 e. The third-order valence-electron chi connectivity index (χ3n) is 5.54. The summed E-state index contributed by atoms with van der Waals surface area (Å²) in [5.74, 6) is 1.78. The quantitative estimate of drug-likeness (QED) is 0.693. The number of hydrogen-bond donors (Lipinski definition) is 0. The topological polar surface area (TPSA) is 35.5 Å². The van der Waals surface area contributed by atoms with Gasteiger partial charge in [-0.05, 0) is 44.1 Å². The molecule has 2 aliphatic carbocycles. The van der Waals surface area contributed by atoms with Gasteiger partial charge in [0.15, 0.2) is 0 Å². The van der Waals surface area contributed by atoms with E-state index in [1.165, 1.54) is 51.0 Å². The van der Waals surface area contributed by atoms with E-state index < -0.39 is 0 Å². The van der Waals surface area contributed by atoms with E-state index >= 15 is 0 Å². The molecule has 1 aromatic rings. The fourth-order valence-corrected chi connectivity index (χ4v) is 4.29. The second-order valence-electron chi connectivity index (χ2n) is 7.39. The Morgan fingerprint density at radius 1 is 1.00 bits per heavy atom. The molecule has 0 amide bonds. The maximum Gasteiger partial charge on any atom is 0.302 e. The van der Waals surface area contributed by atoms with Crippen molar-refractivity contribution in [1.82, 2.24) is 0 Å². The highest BCUT2D eigenvalue weighted by Crippen LogP contribution is 2.39. The number of esters is 1. The average Bonchev–Trinajstić information content (AvgIpc) is 2.61. The lowest BCUT2D eigenvalue weighted by molar-refractivity contribution is -0.148. The molecule has 3 nitrogen and oxygen atoms in total. The van der Waals surface area contributed by atoms with E-state index in [9.17, 15) is 4.79 Å². The molecule has 2 atom stereocenters. The van der Waals surface area contributed by atoms with Crippen molar-refractivity contribution < 1.29 is 14.3 Å². The van der Waals surface area contributed by atoms with Crippen LogP contribution in [0, 0.1) is 5.92 Å². The zero-order chi connectivity index (χ0) is 16.8. The van der Waals surface area contributed by atoms with Gasteiger partial charge in [0, 0.05) is 18.4 Å². The lowest BCUT2D eigenvalue weighted by Crippen LogP contribution is -2.28. The number of para-hydroxylation sites is 1. The predicted molar refractivity (Wildman–Crippen MR) is 95.3 cm³/mol. The Balaban J connectivity index is 1.70. The molecule has 0 spiro atoms. The van der Waals surface area contributed by atoms with E-state index in [4.69, 9.17) is 9.47 Å². The minimum absolute atomic E-state index is 0.00400. The Morgan fingerprint density at radius 3 is 2.50 bits per heavy atom. The standard InChI is InChI=1S/C21H30O3/c1-16(22)24-21-14-8-6-12-19(21)18-11-5-7-13-20(18)23-15-17-9-3-2-4-10-17/h5,7,11,13,17,19,21H,2-4,6,8-10,12,14-15H2,1H3. The molecule has 2 unspecified atom stereocenters. The number of carbonyl (C=O) groups is 1. The van der Waals surface area contributed by atoms with Crippen LogP contribution in [-0.2, 0) is 9.53 Å². The molecule has 132 valence electrons. The molecule has 0 bridgehead atoms. The summed E-state index contributed by atoms with van der Waals surface area (Å²) in [4.78, 5) is 11.5. The molecular formula is C21H30O3. The van der Waals surface area contributed by atoms with E-state index in [2.05, 4.69) is 18.2 Å². The van der Waals surface area contributed by atoms with Crippen LogP contribution in [0.2, 0.25) is 0 Å². The molecule has 0 radical (unpaired) electrons. The van der Waals surface area contributed by atoms with E-state index in [1.807, 2.05) is 6.07 Å². The SMILES string of the molecule is CC(=O)OC1CCCCC1c1ccccc1OCC1CCCCC1. The number of benzene rings is 1. The van der Waals surface area contributed by atoms with Gasteiger partial charge in [0.05, 0.1) is 6.61 Å². The molecule has 0 N–H and O–H groups in total. The van der Waals surface area contributed by atoms with Gasteiger partial charge in [-0.2, -0.15) is 0 Å². The second kappa shape index (κ2) is 8.55. The summed E-state index contributed by atoms with van der Waals surface area (Å²) in [6.07, 6.45) is 11.0. The second-order valence-corrected chi connectivity index (χ2v) is 7.39. The summed E-state index contributed by atoms with van der Waals surface area (Å²) >= 11 is 0. The summed E-state index contributed by atoms with van der Waals surface area (Å²) in [6, 6.07) is 8.35. The Hall–Kier alpha value is -1.51. The third-order valence-corrected chi connectivity index (χ3v) is 5.54. The molecule has 3 heteroatoms. The van der Waals surface area contributed by atoms with E-state index in [0.29, 0.717) is 5.92 Å². The van der Waals surface area contributed by atoms with E-state index in [-0.39, 0.29) is 18.0 Å². The van der Waals surface area contributed by atoms with Crippen LogP contribution >= 0.6 is 0 Å². The summed E-state index contributed by atoms with van der Waals surface area (Å²) in [5.41, 5.74) is 1.22. The molecule has 2 aliphatic rings. The number of rotatable bonds is 5. The molecule has 0 aliphatic heterocycles. The monoisotopic (exact) mass is 330 g/mol. The van der Waals surface area contributed by atoms with Crippen LogP contribution in [0.1, 0.15) is 76.2 Å². The first-order chi connectivity index (χ1) is 11.7. The highest BCUT2D eigenvalue weighted by molar-refractivity contribution is 5.66. The first kappa shape index (κ1) is 17.3. The molecule has 1 aromatic carbocycles. The van der Waals surface area contributed by atoms with Gasteiger partial charge in [0.2, 0.25) is 0 Å². The fraction of sp³-hybridized carbons (Fsp3) is 0.667. The maximum atomic E-state index is 11.5. The molecule has 0 heterocycles. The molecular weight excluding hydrogens is 300 g/mol. The van der Waals surface area contributed by atoms with Crippen molar-refractivity contribution in [3.05, 3.63) is 29.8 Å². The lowest BCUT2D eigenvalue weighted by Gasteiger charge is -2.32. The first-order valence-corrected chi connectivity index (χ1v) is 9.63. The van der Waals surface area contributed by atoms with E-state index in [1.54, 1.807) is 0 Å². The Kier molecular flexibility index (Phi) is 6.17. The zero-order valence-corrected chi connectivity index (χ0v) is 14.8. The van der Waals surface area contributed by atoms with Gasteiger partial charge in [-0.25, -0.2) is 0 Å². The van der Waals surface area contributed by atoms with Crippen LogP contribution in [0.25, 0.3) is 0 Å². The van der Waals surface area contributed by atoms with Crippen LogP contribution in [0.4, 0.5) is 0 Å². The first-order valence-electron chi connectivity index (χ1n) is 9.63. The van der Waals surface area contributed by atoms with Crippen molar-refractivity contribution in [2.24, 2.45) is 5.92 Å². The Labute approximate surface area is 145 Å². The van der Waals surface area contributed by atoms with Crippen molar-refractivity contribution in [2.45, 2.75) is 76.7 Å². The van der Waals surface area contributed by atoms with Crippen molar-refractivity contribution in [3.63, 3.8) is 0 Å². The van der Waals surface area contributed by atoms with E-state index in [0.717, 1.165) is 31.6 Å². The van der Waals surface area contributed by atoms with Gasteiger partial charge in [0.25, 0.3) is 0 Å². The van der Waals surface area contributed by atoms with Crippen molar-refractivity contribution in [3.8, 4) is 5.75 Å². The van der Waals surface area contributed by atoms with Gasteiger partial charge in [-0.3, -0.25) is 4.79 Å². The predicted octanol–water partition coefficient (Wildman–Crippen LogP) is 5.24. The Morgan fingerprint density at radius 2 is 1.71 bits per heavy atom. The van der Waals surface area contributed by atoms with Crippen LogP contribution < -0.4 is 4.74 Å². The largest absolute Gasteiger partial charge is 0.493 e. The minimum atomic E-state index is -0.174. The van der Waals surface area contributed by atoms with Crippen LogP contribution in [0.15, 0.2) is 24.3 Å². The summed E-state index contributed by atoms with van der Waals surface area (Å²) in [6.45, 7) is 2.33. The number of carbonyl (C=O) groups excluding carboxylic acids is 1. The van der Waals surface area contributed by atoms with Crippen LogP contribution in [0.5, 0.6) is 5.75 Å². The van der Waals surface area contributed by atoms with Crippen molar-refractivity contribution >= 4 is 5.97 Å². The van der Waals surface area contributed by atoms with Gasteiger partial charge < -0.3 is 9.47 Å². The molecule has 24 heavy (non-hydrogen) atoms.